The highest BCUT2D eigenvalue weighted by Crippen LogP contribution is 2.34. The van der Waals surface area contributed by atoms with E-state index in [1.165, 1.54) is 22.5 Å². The van der Waals surface area contributed by atoms with Gasteiger partial charge in [0.2, 0.25) is 0 Å². The van der Waals surface area contributed by atoms with Gasteiger partial charge in [0, 0.05) is 37.0 Å². The van der Waals surface area contributed by atoms with Crippen molar-refractivity contribution in [2.24, 2.45) is 0 Å². The number of rotatable bonds is 3. The Kier molecular flexibility index (Phi) is 3.88. The van der Waals surface area contributed by atoms with Crippen LogP contribution < -0.4 is 10.2 Å². The summed E-state index contributed by atoms with van der Waals surface area (Å²) in [6.07, 6.45) is 0. The zero-order chi connectivity index (χ0) is 13.9. The highest BCUT2D eigenvalue weighted by Gasteiger charge is 2.19. The van der Waals surface area contributed by atoms with Gasteiger partial charge in [-0.3, -0.25) is 0 Å². The molecule has 1 aliphatic rings. The molecule has 0 amide bonds. The molecule has 0 saturated carbocycles. The van der Waals surface area contributed by atoms with Crippen molar-refractivity contribution >= 4 is 23.1 Å². The molecule has 0 aromatic heterocycles. The van der Waals surface area contributed by atoms with Crippen LogP contribution in [-0.2, 0) is 5.75 Å². The van der Waals surface area contributed by atoms with Crippen molar-refractivity contribution in [2.45, 2.75) is 11.8 Å². The second-order valence-electron chi connectivity index (χ2n) is 5.36. The highest BCUT2D eigenvalue weighted by atomic mass is 32.2. The summed E-state index contributed by atoms with van der Waals surface area (Å²) in [6.45, 7) is 0. The standard InChI is InChI=1S/C17H20N2S/c1-19(2)15-8-5-7-14(10-15)18-17-12-20-11-13-6-3-4-9-16(13)17/h3-10,17-18H,11-12H2,1-2H3. The van der Waals surface area contributed by atoms with E-state index in [1.54, 1.807) is 0 Å². The molecule has 1 heterocycles. The number of nitrogens with one attached hydrogen (secondary N) is 1. The van der Waals surface area contributed by atoms with E-state index in [1.807, 2.05) is 11.8 Å². The average Bonchev–Trinajstić information content (AvgIpc) is 2.48. The van der Waals surface area contributed by atoms with Crippen LogP contribution in [0.1, 0.15) is 17.2 Å². The normalized spacial score (nSPS) is 17.4. The van der Waals surface area contributed by atoms with Crippen LogP contribution in [0.3, 0.4) is 0 Å². The van der Waals surface area contributed by atoms with E-state index < -0.39 is 0 Å². The fourth-order valence-electron chi connectivity index (χ4n) is 2.58. The molecule has 1 aliphatic heterocycles. The molecule has 104 valence electrons. The molecular weight excluding hydrogens is 264 g/mol. The van der Waals surface area contributed by atoms with E-state index in [4.69, 9.17) is 0 Å². The lowest BCUT2D eigenvalue weighted by molar-refractivity contribution is 0.871. The minimum Gasteiger partial charge on any atom is -0.378 e. The minimum atomic E-state index is 0.405. The Hall–Kier alpha value is -1.61. The lowest BCUT2D eigenvalue weighted by Gasteiger charge is -2.27. The first-order chi connectivity index (χ1) is 9.74. The van der Waals surface area contributed by atoms with Gasteiger partial charge in [-0.15, -0.1) is 0 Å². The van der Waals surface area contributed by atoms with E-state index in [0.29, 0.717) is 6.04 Å². The molecule has 0 bridgehead atoms. The van der Waals surface area contributed by atoms with Gasteiger partial charge in [0.15, 0.2) is 0 Å². The van der Waals surface area contributed by atoms with Gasteiger partial charge in [-0.25, -0.2) is 0 Å². The summed E-state index contributed by atoms with van der Waals surface area (Å²) in [6, 6.07) is 17.8. The molecule has 0 aliphatic carbocycles. The summed E-state index contributed by atoms with van der Waals surface area (Å²) in [7, 11) is 4.15. The number of fused-ring (bicyclic) bond motifs is 1. The van der Waals surface area contributed by atoms with Crippen LogP contribution in [0.25, 0.3) is 0 Å². The van der Waals surface area contributed by atoms with Crippen molar-refractivity contribution in [3.05, 3.63) is 59.7 Å². The molecule has 3 heteroatoms. The Bertz CT molecular complexity index is 595. The Morgan fingerprint density at radius 3 is 2.80 bits per heavy atom. The van der Waals surface area contributed by atoms with Crippen molar-refractivity contribution in [3.63, 3.8) is 0 Å². The van der Waals surface area contributed by atoms with Crippen LogP contribution in [0.4, 0.5) is 11.4 Å². The van der Waals surface area contributed by atoms with Gasteiger partial charge >= 0.3 is 0 Å². The third-order valence-electron chi connectivity index (χ3n) is 3.68. The Morgan fingerprint density at radius 2 is 1.95 bits per heavy atom. The first kappa shape index (κ1) is 13.4. The van der Waals surface area contributed by atoms with Crippen LogP contribution in [0.5, 0.6) is 0 Å². The number of thioether (sulfide) groups is 1. The maximum atomic E-state index is 3.68. The molecular formula is C17H20N2S. The average molecular weight is 284 g/mol. The largest absolute Gasteiger partial charge is 0.378 e. The summed E-state index contributed by atoms with van der Waals surface area (Å²) >= 11 is 2.00. The first-order valence-electron chi connectivity index (χ1n) is 6.93. The lowest BCUT2D eigenvalue weighted by Crippen LogP contribution is -2.19. The maximum Gasteiger partial charge on any atom is 0.0607 e. The van der Waals surface area contributed by atoms with Gasteiger partial charge in [-0.2, -0.15) is 11.8 Å². The number of anilines is 2. The van der Waals surface area contributed by atoms with Crippen LogP contribution in [0.2, 0.25) is 0 Å². The molecule has 1 atom stereocenters. The molecule has 1 unspecified atom stereocenters. The van der Waals surface area contributed by atoms with Crippen molar-refractivity contribution in [1.29, 1.82) is 0 Å². The van der Waals surface area contributed by atoms with Gasteiger partial charge in [0.05, 0.1) is 6.04 Å². The summed E-state index contributed by atoms with van der Waals surface area (Å²) in [5.74, 6) is 2.26. The van der Waals surface area contributed by atoms with Crippen molar-refractivity contribution in [3.8, 4) is 0 Å². The zero-order valence-electron chi connectivity index (χ0n) is 12.0. The molecule has 1 N–H and O–H groups in total. The van der Waals surface area contributed by atoms with Crippen LogP contribution in [0, 0.1) is 0 Å². The zero-order valence-corrected chi connectivity index (χ0v) is 12.8. The minimum absolute atomic E-state index is 0.405. The Balaban J connectivity index is 1.84. The Labute approximate surface area is 125 Å². The van der Waals surface area contributed by atoms with Crippen LogP contribution in [0.15, 0.2) is 48.5 Å². The number of hydrogen-bond donors (Lipinski definition) is 1. The van der Waals surface area contributed by atoms with E-state index in [-0.39, 0.29) is 0 Å². The number of hydrogen-bond acceptors (Lipinski definition) is 3. The molecule has 0 spiro atoms. The molecule has 0 fully saturated rings. The smallest absolute Gasteiger partial charge is 0.0607 e. The van der Waals surface area contributed by atoms with Gasteiger partial charge < -0.3 is 10.2 Å². The van der Waals surface area contributed by atoms with E-state index in [0.717, 1.165) is 11.5 Å². The lowest BCUT2D eigenvalue weighted by atomic mass is 10.0. The third kappa shape index (κ3) is 2.78. The Morgan fingerprint density at radius 1 is 1.10 bits per heavy atom. The van der Waals surface area contributed by atoms with Crippen molar-refractivity contribution in [1.82, 2.24) is 0 Å². The molecule has 2 aromatic rings. The second kappa shape index (κ2) is 5.80. The maximum absolute atomic E-state index is 3.68. The van der Waals surface area contributed by atoms with Crippen LogP contribution >= 0.6 is 11.8 Å². The SMILES string of the molecule is CN(C)c1cccc(NC2CSCc3ccccc32)c1. The fraction of sp³-hybridized carbons (Fsp3) is 0.294. The molecule has 20 heavy (non-hydrogen) atoms. The fourth-order valence-corrected chi connectivity index (χ4v) is 3.68. The van der Waals surface area contributed by atoms with E-state index >= 15 is 0 Å². The predicted molar refractivity (Wildman–Crippen MR) is 89.7 cm³/mol. The molecule has 2 aromatic carbocycles. The van der Waals surface area contributed by atoms with Crippen molar-refractivity contribution < 1.29 is 0 Å². The van der Waals surface area contributed by atoms with Crippen molar-refractivity contribution in [2.75, 3.05) is 30.1 Å². The summed E-state index contributed by atoms with van der Waals surface area (Å²) < 4.78 is 0. The van der Waals surface area contributed by atoms with Gasteiger partial charge in [-0.05, 0) is 29.3 Å². The molecule has 2 nitrogen and oxygen atoms in total. The monoisotopic (exact) mass is 284 g/mol. The van der Waals surface area contributed by atoms with E-state index in [9.17, 15) is 0 Å². The highest BCUT2D eigenvalue weighted by molar-refractivity contribution is 7.98. The summed E-state index contributed by atoms with van der Waals surface area (Å²) in [5.41, 5.74) is 5.33. The quantitative estimate of drug-likeness (QED) is 0.911. The third-order valence-corrected chi connectivity index (χ3v) is 4.76. The second-order valence-corrected chi connectivity index (χ2v) is 6.39. The topological polar surface area (TPSA) is 15.3 Å². The van der Waals surface area contributed by atoms with Gasteiger partial charge in [-0.1, -0.05) is 30.3 Å². The first-order valence-corrected chi connectivity index (χ1v) is 8.09. The summed E-state index contributed by atoms with van der Waals surface area (Å²) in [5, 5.41) is 3.68. The molecule has 0 saturated heterocycles. The number of benzene rings is 2. The molecule has 3 rings (SSSR count). The predicted octanol–water partition coefficient (Wildman–Crippen LogP) is 4.15. The van der Waals surface area contributed by atoms with Crippen LogP contribution in [-0.4, -0.2) is 19.8 Å². The molecule has 0 radical (unpaired) electrons. The van der Waals surface area contributed by atoms with Gasteiger partial charge in [0.1, 0.15) is 0 Å². The number of nitrogens with zero attached hydrogens (tertiary/aromatic N) is 1. The van der Waals surface area contributed by atoms with Gasteiger partial charge in [0.25, 0.3) is 0 Å². The van der Waals surface area contributed by atoms with E-state index in [2.05, 4.69) is 72.8 Å². The summed E-state index contributed by atoms with van der Waals surface area (Å²) in [4.78, 5) is 2.13.